The van der Waals surface area contributed by atoms with E-state index in [9.17, 15) is 0 Å². The minimum atomic E-state index is 0.640. The van der Waals surface area contributed by atoms with E-state index in [4.69, 9.17) is 11.6 Å². The van der Waals surface area contributed by atoms with Crippen molar-refractivity contribution in [2.45, 2.75) is 4.43 Å². The van der Waals surface area contributed by atoms with E-state index in [-0.39, 0.29) is 0 Å². The summed E-state index contributed by atoms with van der Waals surface area (Å²) in [4.78, 5) is 4.24. The van der Waals surface area contributed by atoms with Gasteiger partial charge in [-0.1, -0.05) is 34.2 Å². The summed E-state index contributed by atoms with van der Waals surface area (Å²) in [5, 5.41) is 4.85. The lowest BCUT2D eigenvalue weighted by Crippen LogP contribution is -1.86. The fourth-order valence-electron chi connectivity index (χ4n) is 0.975. The molecule has 0 radical (unpaired) electrons. The van der Waals surface area contributed by atoms with E-state index < -0.39 is 0 Å². The maximum Gasteiger partial charge on any atom is 0.174 e. The number of hydrogen-bond donors (Lipinski definition) is 0. The van der Waals surface area contributed by atoms with Crippen molar-refractivity contribution in [2.24, 2.45) is 0 Å². The molecule has 0 bridgehead atoms. The summed E-state index contributed by atoms with van der Waals surface area (Å²) in [7, 11) is 0. The molecule has 0 fully saturated rings. The van der Waals surface area contributed by atoms with Crippen molar-refractivity contribution in [2.75, 3.05) is 0 Å². The second-order valence-electron chi connectivity index (χ2n) is 2.29. The van der Waals surface area contributed by atoms with Gasteiger partial charge in [0.15, 0.2) is 11.5 Å². The molecule has 2 aromatic heterocycles. The Labute approximate surface area is 87.9 Å². The van der Waals surface area contributed by atoms with Crippen LogP contribution in [0.5, 0.6) is 0 Å². The van der Waals surface area contributed by atoms with Gasteiger partial charge in [0.1, 0.15) is 0 Å². The highest BCUT2D eigenvalue weighted by molar-refractivity contribution is 14.1. The van der Waals surface area contributed by atoms with E-state index in [1.165, 1.54) is 0 Å². The molecule has 62 valence electrons. The van der Waals surface area contributed by atoms with Crippen molar-refractivity contribution < 1.29 is 0 Å². The normalized spacial score (nSPS) is 10.8. The van der Waals surface area contributed by atoms with Crippen LogP contribution in [0.4, 0.5) is 0 Å². The summed E-state index contributed by atoms with van der Waals surface area (Å²) in [6.07, 6.45) is 1.84. The number of nitrogens with zero attached hydrogens (tertiary/aromatic N) is 3. The van der Waals surface area contributed by atoms with Gasteiger partial charge < -0.3 is 0 Å². The summed E-state index contributed by atoms with van der Waals surface area (Å²) < 4.78 is 2.49. The summed E-state index contributed by atoms with van der Waals surface area (Å²) >= 11 is 8.12. The molecule has 0 saturated carbocycles. The Morgan fingerprint density at radius 1 is 1.58 bits per heavy atom. The average Bonchev–Trinajstić information content (AvgIpc) is 2.49. The van der Waals surface area contributed by atoms with Gasteiger partial charge in [0.05, 0.1) is 9.45 Å². The quantitative estimate of drug-likeness (QED) is 0.597. The average molecular weight is 293 g/mol. The Kier molecular flexibility index (Phi) is 2.18. The lowest BCUT2D eigenvalue weighted by molar-refractivity contribution is 0.929. The molecular weight excluding hydrogens is 288 g/mol. The van der Waals surface area contributed by atoms with Gasteiger partial charge in [-0.05, 0) is 12.1 Å². The number of pyridine rings is 1. The molecule has 2 heterocycles. The Morgan fingerprint density at radius 2 is 2.42 bits per heavy atom. The molecule has 0 aliphatic rings. The van der Waals surface area contributed by atoms with E-state index in [1.807, 2.05) is 18.3 Å². The van der Waals surface area contributed by atoms with E-state index >= 15 is 0 Å². The maximum absolute atomic E-state index is 5.90. The van der Waals surface area contributed by atoms with Crippen LogP contribution in [0.25, 0.3) is 5.65 Å². The fraction of sp³-hybridized carbons (Fsp3) is 0.143. The zero-order valence-electron chi connectivity index (χ0n) is 6.04. The van der Waals surface area contributed by atoms with Crippen LogP contribution >= 0.6 is 34.2 Å². The minimum Gasteiger partial charge on any atom is -0.219 e. The van der Waals surface area contributed by atoms with E-state index in [0.717, 1.165) is 15.9 Å². The van der Waals surface area contributed by atoms with Gasteiger partial charge in [0.2, 0.25) is 0 Å². The van der Waals surface area contributed by atoms with E-state index in [0.29, 0.717) is 5.02 Å². The number of halogens is 2. The van der Waals surface area contributed by atoms with Gasteiger partial charge >= 0.3 is 0 Å². The number of alkyl halides is 1. The molecule has 0 aromatic carbocycles. The minimum absolute atomic E-state index is 0.640. The second-order valence-corrected chi connectivity index (χ2v) is 3.46. The monoisotopic (exact) mass is 293 g/mol. The third-order valence-corrected chi connectivity index (χ3v) is 2.46. The number of aromatic nitrogens is 3. The van der Waals surface area contributed by atoms with E-state index in [2.05, 4.69) is 32.7 Å². The molecule has 0 N–H and O–H groups in total. The Bertz CT molecular complexity index is 412. The second kappa shape index (κ2) is 3.18. The molecule has 0 atom stereocenters. The van der Waals surface area contributed by atoms with Gasteiger partial charge in [-0.3, -0.25) is 0 Å². The van der Waals surface area contributed by atoms with Crippen LogP contribution in [-0.4, -0.2) is 14.6 Å². The number of rotatable bonds is 1. The van der Waals surface area contributed by atoms with Crippen LogP contribution in [0.2, 0.25) is 5.02 Å². The molecule has 0 amide bonds. The third kappa shape index (κ3) is 1.29. The summed E-state index contributed by atoms with van der Waals surface area (Å²) in [5.74, 6) is 0.809. The summed E-state index contributed by atoms with van der Waals surface area (Å²) in [6.45, 7) is 0. The first-order chi connectivity index (χ1) is 5.81. The molecule has 12 heavy (non-hydrogen) atoms. The standard InChI is InChI=1S/C7H5ClIN3/c8-5-2-1-3-12-7(5)10-6(4-9)11-12/h1-3H,4H2. The summed E-state index contributed by atoms with van der Waals surface area (Å²) in [5.41, 5.74) is 0.728. The highest BCUT2D eigenvalue weighted by Gasteiger charge is 2.03. The molecule has 5 heteroatoms. The zero-order chi connectivity index (χ0) is 8.55. The molecular formula is C7H5ClIN3. The fourth-order valence-corrected chi connectivity index (χ4v) is 1.50. The van der Waals surface area contributed by atoms with Gasteiger partial charge in [-0.25, -0.2) is 9.50 Å². The highest BCUT2D eigenvalue weighted by atomic mass is 127. The first-order valence-corrected chi connectivity index (χ1v) is 5.27. The maximum atomic E-state index is 5.90. The number of hydrogen-bond acceptors (Lipinski definition) is 2. The van der Waals surface area contributed by atoms with Gasteiger partial charge in [-0.15, -0.1) is 0 Å². The SMILES string of the molecule is Clc1cccn2nc(CI)nc12. The molecule has 0 aliphatic carbocycles. The van der Waals surface area contributed by atoms with Crippen molar-refractivity contribution in [3.63, 3.8) is 0 Å². The molecule has 0 aliphatic heterocycles. The van der Waals surface area contributed by atoms with Crippen molar-refractivity contribution >= 4 is 39.8 Å². The third-order valence-electron chi connectivity index (χ3n) is 1.48. The van der Waals surface area contributed by atoms with Crippen LogP contribution in [0.3, 0.4) is 0 Å². The van der Waals surface area contributed by atoms with Crippen molar-refractivity contribution in [1.29, 1.82) is 0 Å². The zero-order valence-corrected chi connectivity index (χ0v) is 8.95. The first kappa shape index (κ1) is 8.25. The van der Waals surface area contributed by atoms with Crippen LogP contribution in [-0.2, 0) is 4.43 Å². The Balaban J connectivity index is 2.74. The topological polar surface area (TPSA) is 30.2 Å². The predicted octanol–water partition coefficient (Wildman–Crippen LogP) is 2.32. The van der Waals surface area contributed by atoms with Crippen LogP contribution in [0.15, 0.2) is 18.3 Å². The molecule has 0 saturated heterocycles. The Hall–Kier alpha value is -0.360. The smallest absolute Gasteiger partial charge is 0.174 e. The molecule has 0 unspecified atom stereocenters. The highest BCUT2D eigenvalue weighted by Crippen LogP contribution is 2.14. The van der Waals surface area contributed by atoms with Crippen LogP contribution < -0.4 is 0 Å². The van der Waals surface area contributed by atoms with Crippen molar-refractivity contribution in [3.05, 3.63) is 29.2 Å². The Morgan fingerprint density at radius 3 is 3.08 bits per heavy atom. The van der Waals surface area contributed by atoms with Crippen molar-refractivity contribution in [1.82, 2.24) is 14.6 Å². The van der Waals surface area contributed by atoms with Gasteiger partial charge in [0.25, 0.3) is 0 Å². The number of fused-ring (bicyclic) bond motifs is 1. The predicted molar refractivity (Wildman–Crippen MR) is 55.7 cm³/mol. The lowest BCUT2D eigenvalue weighted by Gasteiger charge is -1.90. The summed E-state index contributed by atoms with van der Waals surface area (Å²) in [6, 6.07) is 3.66. The molecule has 0 spiro atoms. The molecule has 3 nitrogen and oxygen atoms in total. The van der Waals surface area contributed by atoms with E-state index in [1.54, 1.807) is 4.52 Å². The van der Waals surface area contributed by atoms with Gasteiger partial charge in [0, 0.05) is 6.20 Å². The van der Waals surface area contributed by atoms with Crippen LogP contribution in [0.1, 0.15) is 5.82 Å². The van der Waals surface area contributed by atoms with Gasteiger partial charge in [-0.2, -0.15) is 5.10 Å². The molecule has 2 rings (SSSR count). The lowest BCUT2D eigenvalue weighted by atomic mass is 10.5. The largest absolute Gasteiger partial charge is 0.219 e. The van der Waals surface area contributed by atoms with Crippen LogP contribution in [0, 0.1) is 0 Å². The molecule has 2 aromatic rings. The van der Waals surface area contributed by atoms with Crippen molar-refractivity contribution in [3.8, 4) is 0 Å². The first-order valence-electron chi connectivity index (χ1n) is 3.37.